The zero-order chi connectivity index (χ0) is 24.8. The Morgan fingerprint density at radius 2 is 1.62 bits per heavy atom. The molecule has 0 bridgehead atoms. The Balaban J connectivity index is 2.05. The van der Waals surface area contributed by atoms with E-state index in [2.05, 4.69) is 9.97 Å². The highest BCUT2D eigenvalue weighted by Gasteiger charge is 2.24. The van der Waals surface area contributed by atoms with E-state index in [4.69, 9.17) is 17.3 Å². The van der Waals surface area contributed by atoms with E-state index in [0.717, 1.165) is 0 Å². The number of carbonyl (C=O) groups excluding carboxylic acids is 4. The van der Waals surface area contributed by atoms with Gasteiger partial charge in [-0.2, -0.15) is 0 Å². The van der Waals surface area contributed by atoms with Gasteiger partial charge in [-0.15, -0.1) is 0 Å². The number of ketones is 1. The number of anilines is 1. The molecule has 0 aliphatic carbocycles. The van der Waals surface area contributed by atoms with Crippen molar-refractivity contribution in [1.29, 1.82) is 0 Å². The van der Waals surface area contributed by atoms with E-state index in [0.29, 0.717) is 10.6 Å². The quantitative estimate of drug-likeness (QED) is 0.391. The highest BCUT2D eigenvalue weighted by molar-refractivity contribution is 6.30. The average molecular weight is 480 g/mol. The maximum Gasteiger partial charge on any atom is 0.253 e. The third kappa shape index (κ3) is 6.02. The van der Waals surface area contributed by atoms with Gasteiger partial charge in [0.25, 0.3) is 5.91 Å². The van der Waals surface area contributed by atoms with Crippen LogP contribution in [0.4, 0.5) is 5.69 Å². The molecule has 3 rings (SSSR count). The fraction of sp³-hybridized carbons (Fsp3) is 0.167. The van der Waals surface area contributed by atoms with Crippen LogP contribution in [0.15, 0.2) is 60.9 Å². The lowest BCUT2D eigenvalue weighted by atomic mass is 10.1. The highest BCUT2D eigenvalue weighted by atomic mass is 35.5. The van der Waals surface area contributed by atoms with Crippen LogP contribution in [0.25, 0.3) is 0 Å². The van der Waals surface area contributed by atoms with Crippen molar-refractivity contribution in [2.45, 2.75) is 13.0 Å². The van der Waals surface area contributed by atoms with Crippen molar-refractivity contribution >= 4 is 40.8 Å². The summed E-state index contributed by atoms with van der Waals surface area (Å²) in [6.45, 7) is 0.0279. The summed E-state index contributed by atoms with van der Waals surface area (Å²) in [6, 6.07) is 12.6. The van der Waals surface area contributed by atoms with E-state index < -0.39 is 24.0 Å². The summed E-state index contributed by atoms with van der Waals surface area (Å²) in [5.74, 6) is -2.39. The molecule has 2 N–H and O–H groups in total. The topological polar surface area (TPSA) is 127 Å². The minimum absolute atomic E-state index is 0.0279. The van der Waals surface area contributed by atoms with Crippen molar-refractivity contribution in [2.24, 2.45) is 5.73 Å². The Labute approximate surface area is 201 Å². The van der Waals surface area contributed by atoms with Crippen molar-refractivity contribution in [3.05, 3.63) is 88.5 Å². The molecule has 9 nitrogen and oxygen atoms in total. The molecule has 1 heterocycles. The summed E-state index contributed by atoms with van der Waals surface area (Å²) in [6.07, 6.45) is 2.29. The van der Waals surface area contributed by atoms with Crippen LogP contribution < -0.4 is 10.6 Å². The van der Waals surface area contributed by atoms with Crippen molar-refractivity contribution in [1.82, 2.24) is 14.9 Å². The van der Waals surface area contributed by atoms with E-state index in [1.807, 2.05) is 0 Å². The number of benzene rings is 2. The van der Waals surface area contributed by atoms with Gasteiger partial charge < -0.3 is 15.5 Å². The molecule has 0 unspecified atom stereocenters. The second-order valence-electron chi connectivity index (χ2n) is 7.61. The van der Waals surface area contributed by atoms with Crippen LogP contribution in [0.3, 0.4) is 0 Å². The molecule has 0 aliphatic rings. The Morgan fingerprint density at radius 1 is 0.941 bits per heavy atom. The van der Waals surface area contributed by atoms with Crippen LogP contribution in [0.2, 0.25) is 5.02 Å². The van der Waals surface area contributed by atoms with Gasteiger partial charge in [-0.05, 0) is 42.0 Å². The van der Waals surface area contributed by atoms with Crippen molar-refractivity contribution < 1.29 is 19.2 Å². The lowest BCUT2D eigenvalue weighted by Gasteiger charge is -2.24. The van der Waals surface area contributed by atoms with E-state index in [9.17, 15) is 19.2 Å². The van der Waals surface area contributed by atoms with E-state index in [-0.39, 0.29) is 35.1 Å². The molecule has 0 spiro atoms. The third-order valence-electron chi connectivity index (χ3n) is 4.82. The SMILES string of the molecule is CN(C)C(=O)c1cc(C(N)=O)cc(N(Cc2cccc(Cl)c2)C(=O)CC(=O)c2ncccn2)c1. The van der Waals surface area contributed by atoms with Gasteiger partial charge in [-0.3, -0.25) is 19.2 Å². The van der Waals surface area contributed by atoms with Gasteiger partial charge in [0.1, 0.15) is 0 Å². The Bertz CT molecular complexity index is 1250. The monoisotopic (exact) mass is 479 g/mol. The number of nitrogens with two attached hydrogens (primary N) is 1. The third-order valence-corrected chi connectivity index (χ3v) is 5.06. The predicted molar refractivity (Wildman–Crippen MR) is 127 cm³/mol. The van der Waals surface area contributed by atoms with Crippen molar-refractivity contribution in [2.75, 3.05) is 19.0 Å². The summed E-state index contributed by atoms with van der Waals surface area (Å²) in [5.41, 5.74) is 6.59. The van der Waals surface area contributed by atoms with E-state index in [1.54, 1.807) is 44.4 Å². The maximum atomic E-state index is 13.3. The Morgan fingerprint density at radius 3 is 2.24 bits per heavy atom. The first-order valence-electron chi connectivity index (χ1n) is 10.2. The number of primary amides is 1. The van der Waals surface area contributed by atoms with Gasteiger partial charge in [0.05, 0.1) is 13.0 Å². The summed E-state index contributed by atoms with van der Waals surface area (Å²) >= 11 is 6.10. The first-order valence-corrected chi connectivity index (χ1v) is 10.5. The largest absolute Gasteiger partial charge is 0.366 e. The van der Waals surface area contributed by atoms with Crippen LogP contribution in [-0.4, -0.2) is 52.5 Å². The molecule has 3 amide bonds. The summed E-state index contributed by atoms with van der Waals surface area (Å²) < 4.78 is 0. The van der Waals surface area contributed by atoms with Gasteiger partial charge in [-0.25, -0.2) is 9.97 Å². The molecule has 174 valence electrons. The number of aromatic nitrogens is 2. The number of rotatable bonds is 8. The molecule has 3 aromatic rings. The fourth-order valence-electron chi connectivity index (χ4n) is 3.19. The molecule has 10 heteroatoms. The van der Waals surface area contributed by atoms with Crippen molar-refractivity contribution in [3.8, 4) is 0 Å². The number of nitrogens with zero attached hydrogens (tertiary/aromatic N) is 4. The smallest absolute Gasteiger partial charge is 0.253 e. The predicted octanol–water partition coefficient (Wildman–Crippen LogP) is 2.74. The number of hydrogen-bond donors (Lipinski definition) is 1. The Hall–Kier alpha value is -4.11. The molecule has 0 aliphatic heterocycles. The molecular weight excluding hydrogens is 458 g/mol. The Kier molecular flexibility index (Phi) is 7.70. The number of Topliss-reactive ketones (excluding diaryl/α,β-unsaturated/α-hetero) is 1. The molecule has 34 heavy (non-hydrogen) atoms. The standard InChI is InChI=1S/C24H22ClN5O4/c1-29(2)24(34)17-10-16(22(26)33)11-19(12-17)30(14-15-5-3-6-18(25)9-15)21(32)13-20(31)23-27-7-4-8-28-23/h3-12H,13-14H2,1-2H3,(H2,26,33). The maximum absolute atomic E-state index is 13.3. The zero-order valence-corrected chi connectivity index (χ0v) is 19.3. The number of amides is 3. The van der Waals surface area contributed by atoms with E-state index >= 15 is 0 Å². The summed E-state index contributed by atoms with van der Waals surface area (Å²) in [4.78, 5) is 60.9. The zero-order valence-electron chi connectivity index (χ0n) is 18.6. The van der Waals surface area contributed by atoms with Gasteiger partial charge in [0, 0.05) is 48.3 Å². The van der Waals surface area contributed by atoms with Crippen molar-refractivity contribution in [3.63, 3.8) is 0 Å². The minimum Gasteiger partial charge on any atom is -0.366 e. The minimum atomic E-state index is -0.765. The number of hydrogen-bond acceptors (Lipinski definition) is 6. The van der Waals surface area contributed by atoms with Gasteiger partial charge in [0.15, 0.2) is 5.82 Å². The molecule has 0 saturated carbocycles. The molecule has 0 saturated heterocycles. The lowest BCUT2D eigenvalue weighted by molar-refractivity contribution is -0.117. The highest BCUT2D eigenvalue weighted by Crippen LogP contribution is 2.24. The number of carbonyl (C=O) groups is 4. The van der Waals surface area contributed by atoms with Gasteiger partial charge in [-0.1, -0.05) is 23.7 Å². The first-order chi connectivity index (χ1) is 16.2. The van der Waals surface area contributed by atoms with E-state index in [1.165, 1.54) is 40.4 Å². The van der Waals surface area contributed by atoms with Crippen LogP contribution >= 0.6 is 11.6 Å². The summed E-state index contributed by atoms with van der Waals surface area (Å²) in [7, 11) is 3.12. The van der Waals surface area contributed by atoms with Crippen LogP contribution in [0, 0.1) is 0 Å². The second kappa shape index (κ2) is 10.7. The summed E-state index contributed by atoms with van der Waals surface area (Å²) in [5, 5.41) is 0.466. The lowest BCUT2D eigenvalue weighted by Crippen LogP contribution is -2.33. The molecular formula is C24H22ClN5O4. The molecule has 2 aromatic carbocycles. The second-order valence-corrected chi connectivity index (χ2v) is 8.05. The molecule has 0 radical (unpaired) electrons. The van der Waals surface area contributed by atoms with Crippen LogP contribution in [0.1, 0.15) is 43.3 Å². The molecule has 1 aromatic heterocycles. The normalized spacial score (nSPS) is 10.4. The molecule has 0 fully saturated rings. The van der Waals surface area contributed by atoms with Gasteiger partial charge in [0.2, 0.25) is 17.6 Å². The number of halogens is 1. The molecule has 0 atom stereocenters. The average Bonchev–Trinajstić information content (AvgIpc) is 2.82. The van der Waals surface area contributed by atoms with Crippen LogP contribution in [0.5, 0.6) is 0 Å². The fourth-order valence-corrected chi connectivity index (χ4v) is 3.40. The van der Waals surface area contributed by atoms with Crippen LogP contribution in [-0.2, 0) is 11.3 Å². The van der Waals surface area contributed by atoms with Gasteiger partial charge >= 0.3 is 0 Å². The first kappa shape index (κ1) is 24.5.